The van der Waals surface area contributed by atoms with Crippen molar-refractivity contribution in [2.24, 2.45) is 0 Å². The van der Waals surface area contributed by atoms with E-state index in [0.717, 1.165) is 19.3 Å². The third kappa shape index (κ3) is 9.42. The second kappa shape index (κ2) is 13.9. The van der Waals surface area contributed by atoms with Crippen molar-refractivity contribution in [2.75, 3.05) is 18.5 Å². The molecule has 6 nitrogen and oxygen atoms in total. The molecule has 172 valence electrons. The summed E-state index contributed by atoms with van der Waals surface area (Å²) in [6.45, 7) is 2.83. The lowest BCUT2D eigenvalue weighted by molar-refractivity contribution is -0.119. The molecule has 2 N–H and O–H groups in total. The van der Waals surface area contributed by atoms with Crippen LogP contribution in [0.3, 0.4) is 0 Å². The summed E-state index contributed by atoms with van der Waals surface area (Å²) in [6, 6.07) is 11.7. The van der Waals surface area contributed by atoms with Crippen LogP contribution in [0.5, 0.6) is 5.75 Å². The number of rotatable bonds is 11. The minimum atomic E-state index is -0.356. The first-order chi connectivity index (χ1) is 15.4. The zero-order valence-electron chi connectivity index (χ0n) is 17.8. The summed E-state index contributed by atoms with van der Waals surface area (Å²) in [4.78, 5) is 24.0. The van der Waals surface area contributed by atoms with Crippen LogP contribution in [0.15, 0.2) is 42.5 Å². The molecule has 0 aliphatic rings. The summed E-state index contributed by atoms with van der Waals surface area (Å²) in [5.41, 5.74) is 1.11. The number of hydrogen-bond donors (Lipinski definition) is 2. The fourth-order valence-corrected chi connectivity index (χ4v) is 3.34. The first-order valence-corrected chi connectivity index (χ1v) is 11.5. The summed E-state index contributed by atoms with van der Waals surface area (Å²) >= 11 is 17.0. The highest BCUT2D eigenvalue weighted by atomic mass is 35.5. The van der Waals surface area contributed by atoms with E-state index in [1.165, 1.54) is 0 Å². The highest BCUT2D eigenvalue weighted by molar-refractivity contribution is 7.80. The number of esters is 1. The van der Waals surface area contributed by atoms with Crippen molar-refractivity contribution in [1.82, 2.24) is 5.32 Å². The molecule has 0 fully saturated rings. The largest absolute Gasteiger partial charge is 0.492 e. The molecule has 0 spiro atoms. The molecule has 1 amide bonds. The van der Waals surface area contributed by atoms with Gasteiger partial charge in [0.25, 0.3) is 0 Å². The van der Waals surface area contributed by atoms with Gasteiger partial charge in [0, 0.05) is 17.1 Å². The van der Waals surface area contributed by atoms with Gasteiger partial charge in [-0.05, 0) is 67.5 Å². The van der Waals surface area contributed by atoms with E-state index < -0.39 is 0 Å². The van der Waals surface area contributed by atoms with Crippen LogP contribution in [0.4, 0.5) is 5.69 Å². The van der Waals surface area contributed by atoms with E-state index in [-0.39, 0.29) is 23.4 Å². The van der Waals surface area contributed by atoms with Crippen molar-refractivity contribution in [1.29, 1.82) is 0 Å². The maximum Gasteiger partial charge on any atom is 0.338 e. The Morgan fingerprint density at radius 2 is 1.75 bits per heavy atom. The second-order valence-corrected chi connectivity index (χ2v) is 8.20. The van der Waals surface area contributed by atoms with Gasteiger partial charge in [-0.2, -0.15) is 0 Å². The fourth-order valence-electron chi connectivity index (χ4n) is 2.65. The molecule has 0 aliphatic heterocycles. The Hall–Kier alpha value is -2.35. The van der Waals surface area contributed by atoms with Crippen LogP contribution in [0.1, 0.15) is 49.4 Å². The Morgan fingerprint density at radius 1 is 1.00 bits per heavy atom. The Morgan fingerprint density at radius 3 is 2.44 bits per heavy atom. The normalized spacial score (nSPS) is 10.3. The minimum absolute atomic E-state index is 0.173. The Balaban J connectivity index is 1.68. The number of unbranched alkanes of at least 4 members (excludes halogenated alkanes) is 2. The third-order valence-electron chi connectivity index (χ3n) is 4.31. The molecule has 0 unspecified atom stereocenters. The van der Waals surface area contributed by atoms with Gasteiger partial charge in [-0.3, -0.25) is 4.79 Å². The quantitative estimate of drug-likeness (QED) is 0.225. The summed E-state index contributed by atoms with van der Waals surface area (Å²) in [6.07, 6.45) is 3.68. The molecule has 0 atom stereocenters. The summed E-state index contributed by atoms with van der Waals surface area (Å²) < 4.78 is 10.8. The fraction of sp³-hybridized carbons (Fsp3) is 0.348. The SMILES string of the molecule is CCCCCOC(=O)c1ccc(NC(=S)NC(=O)CCCOc2ccc(Cl)cc2Cl)cc1. The molecular weight excluding hydrogens is 471 g/mol. The Bertz CT molecular complexity index is 923. The van der Waals surface area contributed by atoms with Crippen LogP contribution in [0, 0.1) is 0 Å². The van der Waals surface area contributed by atoms with E-state index in [1.807, 2.05) is 0 Å². The minimum Gasteiger partial charge on any atom is -0.492 e. The predicted octanol–water partition coefficient (Wildman–Crippen LogP) is 6.01. The predicted molar refractivity (Wildman–Crippen MR) is 132 cm³/mol. The van der Waals surface area contributed by atoms with Gasteiger partial charge >= 0.3 is 5.97 Å². The van der Waals surface area contributed by atoms with E-state index in [2.05, 4.69) is 17.6 Å². The third-order valence-corrected chi connectivity index (χ3v) is 5.05. The number of nitrogens with one attached hydrogen (secondary N) is 2. The van der Waals surface area contributed by atoms with Crippen molar-refractivity contribution in [3.8, 4) is 5.75 Å². The van der Waals surface area contributed by atoms with Gasteiger partial charge in [0.05, 0.1) is 23.8 Å². The molecule has 0 saturated carbocycles. The van der Waals surface area contributed by atoms with Crippen LogP contribution in [-0.2, 0) is 9.53 Å². The summed E-state index contributed by atoms with van der Waals surface area (Å²) in [5, 5.41) is 6.65. The zero-order chi connectivity index (χ0) is 23.3. The highest BCUT2D eigenvalue weighted by Gasteiger charge is 2.09. The Labute approximate surface area is 203 Å². The van der Waals surface area contributed by atoms with Crippen molar-refractivity contribution in [2.45, 2.75) is 39.0 Å². The number of thiocarbonyl (C=S) groups is 1. The maximum atomic E-state index is 12.1. The molecule has 32 heavy (non-hydrogen) atoms. The van der Waals surface area contributed by atoms with E-state index in [9.17, 15) is 9.59 Å². The number of halogens is 2. The van der Waals surface area contributed by atoms with Crippen LogP contribution < -0.4 is 15.4 Å². The molecule has 0 bridgehead atoms. The molecule has 0 heterocycles. The average molecular weight is 497 g/mol. The van der Waals surface area contributed by atoms with Gasteiger partial charge in [-0.15, -0.1) is 0 Å². The van der Waals surface area contributed by atoms with E-state index in [0.29, 0.717) is 46.7 Å². The number of hydrogen-bond acceptors (Lipinski definition) is 5. The van der Waals surface area contributed by atoms with Crippen molar-refractivity contribution >= 4 is 58.1 Å². The second-order valence-electron chi connectivity index (χ2n) is 6.95. The van der Waals surface area contributed by atoms with Crippen molar-refractivity contribution in [3.63, 3.8) is 0 Å². The first kappa shape index (κ1) is 25.9. The molecule has 9 heteroatoms. The smallest absolute Gasteiger partial charge is 0.338 e. The molecule has 0 saturated heterocycles. The number of amides is 1. The van der Waals surface area contributed by atoms with E-state index in [1.54, 1.807) is 42.5 Å². The molecule has 0 aliphatic carbocycles. The van der Waals surface area contributed by atoms with Crippen LogP contribution in [0.25, 0.3) is 0 Å². The van der Waals surface area contributed by atoms with Gasteiger partial charge in [0.2, 0.25) is 5.91 Å². The molecular formula is C23H26Cl2N2O4S. The molecule has 2 aromatic carbocycles. The highest BCUT2D eigenvalue weighted by Crippen LogP contribution is 2.27. The first-order valence-electron chi connectivity index (χ1n) is 10.3. The number of benzene rings is 2. The van der Waals surface area contributed by atoms with Crippen LogP contribution in [-0.4, -0.2) is 30.2 Å². The molecule has 2 rings (SSSR count). The average Bonchev–Trinajstić information content (AvgIpc) is 2.75. The van der Waals surface area contributed by atoms with Gasteiger partial charge in [0.15, 0.2) is 5.11 Å². The van der Waals surface area contributed by atoms with Crippen LogP contribution >= 0.6 is 35.4 Å². The van der Waals surface area contributed by atoms with Gasteiger partial charge in [0.1, 0.15) is 5.75 Å². The molecule has 2 aromatic rings. The lowest BCUT2D eigenvalue weighted by Gasteiger charge is -2.11. The number of carbonyl (C=O) groups is 2. The summed E-state index contributed by atoms with van der Waals surface area (Å²) in [7, 11) is 0. The van der Waals surface area contributed by atoms with Crippen molar-refractivity contribution < 1.29 is 19.1 Å². The monoisotopic (exact) mass is 496 g/mol. The van der Waals surface area contributed by atoms with Gasteiger partial charge in [-0.25, -0.2) is 4.79 Å². The standard InChI is InChI=1S/C23H26Cl2N2O4S/c1-2-3-4-13-31-22(29)16-7-10-18(11-8-16)26-23(32)27-21(28)6-5-14-30-20-12-9-17(24)15-19(20)25/h7-12,15H,2-6,13-14H2,1H3,(H2,26,27,28,32). The Kier molecular flexibility index (Phi) is 11.3. The van der Waals surface area contributed by atoms with Crippen molar-refractivity contribution in [3.05, 3.63) is 58.1 Å². The molecule has 0 aromatic heterocycles. The topological polar surface area (TPSA) is 76.7 Å². The van der Waals surface area contributed by atoms with Gasteiger partial charge in [-0.1, -0.05) is 43.0 Å². The zero-order valence-corrected chi connectivity index (χ0v) is 20.1. The maximum absolute atomic E-state index is 12.1. The van der Waals surface area contributed by atoms with E-state index >= 15 is 0 Å². The molecule has 0 radical (unpaired) electrons. The number of anilines is 1. The lowest BCUT2D eigenvalue weighted by Crippen LogP contribution is -2.34. The summed E-state index contributed by atoms with van der Waals surface area (Å²) in [5.74, 6) is -0.0758. The number of ether oxygens (including phenoxy) is 2. The van der Waals surface area contributed by atoms with E-state index in [4.69, 9.17) is 44.9 Å². The van der Waals surface area contributed by atoms with Crippen LogP contribution in [0.2, 0.25) is 10.0 Å². The van der Waals surface area contributed by atoms with Gasteiger partial charge < -0.3 is 20.1 Å². The lowest BCUT2D eigenvalue weighted by atomic mass is 10.2. The number of carbonyl (C=O) groups excluding carboxylic acids is 2.